The van der Waals surface area contributed by atoms with Gasteiger partial charge in [-0.3, -0.25) is 4.79 Å². The fourth-order valence-corrected chi connectivity index (χ4v) is 1.81. The molecule has 0 saturated carbocycles. The molecule has 1 amide bonds. The maximum Gasteiger partial charge on any atom is 0.228 e. The van der Waals surface area contributed by atoms with Crippen molar-refractivity contribution in [2.75, 3.05) is 5.32 Å². The number of rotatable bonds is 3. The van der Waals surface area contributed by atoms with E-state index in [4.69, 9.17) is 16.7 Å². The molecule has 3 nitrogen and oxygen atoms in total. The van der Waals surface area contributed by atoms with Crippen LogP contribution in [-0.4, -0.2) is 11.0 Å². The van der Waals surface area contributed by atoms with Crippen LogP contribution < -0.4 is 5.32 Å². The molecule has 2 aromatic rings. The van der Waals surface area contributed by atoms with Crippen LogP contribution in [0.2, 0.25) is 5.02 Å². The normalized spacial score (nSPS) is 10.2. The third-order valence-corrected chi connectivity index (χ3v) is 2.91. The van der Waals surface area contributed by atoms with Gasteiger partial charge in [-0.1, -0.05) is 29.8 Å². The highest BCUT2D eigenvalue weighted by Crippen LogP contribution is 2.20. The fourth-order valence-electron chi connectivity index (χ4n) is 1.60. The van der Waals surface area contributed by atoms with E-state index in [-0.39, 0.29) is 18.0 Å². The quantitative estimate of drug-likeness (QED) is 0.847. The molecule has 0 fully saturated rings. The monoisotopic (exact) mass is 279 g/mol. The lowest BCUT2D eigenvalue weighted by molar-refractivity contribution is -0.115. The van der Waals surface area contributed by atoms with Crippen molar-refractivity contribution in [2.45, 2.75) is 6.42 Å². The molecule has 0 aromatic heterocycles. The Morgan fingerprint density at radius 1 is 1.26 bits per heavy atom. The van der Waals surface area contributed by atoms with Gasteiger partial charge in [0.05, 0.1) is 6.42 Å². The lowest BCUT2D eigenvalue weighted by atomic mass is 10.1. The van der Waals surface area contributed by atoms with Crippen molar-refractivity contribution >= 4 is 23.2 Å². The zero-order valence-electron chi connectivity index (χ0n) is 9.86. The van der Waals surface area contributed by atoms with Gasteiger partial charge in [0, 0.05) is 16.8 Å². The Balaban J connectivity index is 2.05. The van der Waals surface area contributed by atoms with E-state index in [0.29, 0.717) is 10.6 Å². The number of anilines is 1. The first-order chi connectivity index (χ1) is 9.06. The van der Waals surface area contributed by atoms with Crippen LogP contribution >= 0.6 is 11.6 Å². The smallest absolute Gasteiger partial charge is 0.228 e. The summed E-state index contributed by atoms with van der Waals surface area (Å²) >= 11 is 5.94. The van der Waals surface area contributed by atoms with Gasteiger partial charge in [-0.05, 0) is 23.8 Å². The molecule has 19 heavy (non-hydrogen) atoms. The maximum absolute atomic E-state index is 13.1. The molecule has 0 radical (unpaired) electrons. The third kappa shape index (κ3) is 3.45. The van der Waals surface area contributed by atoms with Gasteiger partial charge in [-0.2, -0.15) is 0 Å². The summed E-state index contributed by atoms with van der Waals surface area (Å²) in [6.45, 7) is 0. The SMILES string of the molecule is O=C(Cc1ccccc1Cl)Nc1ccc(O)c(F)c1. The molecule has 2 rings (SSSR count). The molecule has 0 saturated heterocycles. The lowest BCUT2D eigenvalue weighted by Crippen LogP contribution is -2.14. The van der Waals surface area contributed by atoms with Crippen LogP contribution in [0.25, 0.3) is 0 Å². The van der Waals surface area contributed by atoms with Gasteiger partial charge < -0.3 is 10.4 Å². The average Bonchev–Trinajstić information content (AvgIpc) is 2.37. The highest BCUT2D eigenvalue weighted by atomic mass is 35.5. The Bertz CT molecular complexity index is 616. The van der Waals surface area contributed by atoms with E-state index < -0.39 is 11.6 Å². The fraction of sp³-hybridized carbons (Fsp3) is 0.0714. The number of benzene rings is 2. The molecule has 5 heteroatoms. The van der Waals surface area contributed by atoms with Crippen molar-refractivity contribution in [1.29, 1.82) is 0 Å². The first kappa shape index (κ1) is 13.4. The van der Waals surface area contributed by atoms with Crippen molar-refractivity contribution in [3.63, 3.8) is 0 Å². The van der Waals surface area contributed by atoms with Crippen LogP contribution in [0.3, 0.4) is 0 Å². The number of hydrogen-bond acceptors (Lipinski definition) is 2. The summed E-state index contributed by atoms with van der Waals surface area (Å²) in [6.07, 6.45) is 0.0994. The standard InChI is InChI=1S/C14H11ClFNO2/c15-11-4-2-1-3-9(11)7-14(19)17-10-5-6-13(18)12(16)8-10/h1-6,8,18H,7H2,(H,17,19). The highest BCUT2D eigenvalue weighted by Gasteiger charge is 2.08. The van der Waals surface area contributed by atoms with Gasteiger partial charge in [0.1, 0.15) is 0 Å². The van der Waals surface area contributed by atoms with Crippen LogP contribution in [0, 0.1) is 5.82 Å². The number of carbonyl (C=O) groups excluding carboxylic acids is 1. The molecule has 0 aliphatic heterocycles. The van der Waals surface area contributed by atoms with Crippen molar-refractivity contribution in [2.24, 2.45) is 0 Å². The number of nitrogens with one attached hydrogen (secondary N) is 1. The minimum atomic E-state index is -0.782. The van der Waals surface area contributed by atoms with Crippen molar-refractivity contribution in [1.82, 2.24) is 0 Å². The van der Waals surface area contributed by atoms with Crippen molar-refractivity contribution < 1.29 is 14.3 Å². The van der Waals surface area contributed by atoms with Crippen molar-refractivity contribution in [3.05, 3.63) is 58.9 Å². The van der Waals surface area contributed by atoms with Gasteiger partial charge in [-0.25, -0.2) is 4.39 Å². The second-order valence-corrected chi connectivity index (χ2v) is 4.39. The molecule has 0 aliphatic rings. The van der Waals surface area contributed by atoms with Crippen LogP contribution in [-0.2, 0) is 11.2 Å². The molecule has 98 valence electrons. The van der Waals surface area contributed by atoms with E-state index in [9.17, 15) is 9.18 Å². The molecule has 0 aliphatic carbocycles. The zero-order chi connectivity index (χ0) is 13.8. The molecular formula is C14H11ClFNO2. The Morgan fingerprint density at radius 2 is 2.00 bits per heavy atom. The number of amides is 1. The minimum Gasteiger partial charge on any atom is -0.505 e. The minimum absolute atomic E-state index is 0.0994. The summed E-state index contributed by atoms with van der Waals surface area (Å²) < 4.78 is 13.1. The van der Waals surface area contributed by atoms with Gasteiger partial charge >= 0.3 is 0 Å². The summed E-state index contributed by atoms with van der Waals surface area (Å²) in [5, 5.41) is 12.1. The summed E-state index contributed by atoms with van der Waals surface area (Å²) in [5.74, 6) is -1.54. The van der Waals surface area contributed by atoms with E-state index in [1.807, 2.05) is 0 Å². The number of phenolic OH excluding ortho intramolecular Hbond substituents is 1. The van der Waals surface area contributed by atoms with Gasteiger partial charge in [0.2, 0.25) is 5.91 Å². The van der Waals surface area contributed by atoms with E-state index in [1.54, 1.807) is 24.3 Å². The predicted molar refractivity (Wildman–Crippen MR) is 71.9 cm³/mol. The van der Waals surface area contributed by atoms with Crippen molar-refractivity contribution in [3.8, 4) is 5.75 Å². The average molecular weight is 280 g/mol. The lowest BCUT2D eigenvalue weighted by Gasteiger charge is -2.07. The van der Waals surface area contributed by atoms with Gasteiger partial charge in [0.25, 0.3) is 0 Å². The van der Waals surface area contributed by atoms with Gasteiger partial charge in [0.15, 0.2) is 11.6 Å². The number of carbonyl (C=O) groups is 1. The molecular weight excluding hydrogens is 269 g/mol. The van der Waals surface area contributed by atoms with Crippen LogP contribution in [0.4, 0.5) is 10.1 Å². The summed E-state index contributed by atoms with van der Waals surface area (Å²) in [7, 11) is 0. The molecule has 0 bridgehead atoms. The van der Waals surface area contributed by atoms with Crippen LogP contribution in [0.1, 0.15) is 5.56 Å². The van der Waals surface area contributed by atoms with Crippen LogP contribution in [0.15, 0.2) is 42.5 Å². The largest absolute Gasteiger partial charge is 0.505 e. The second kappa shape index (κ2) is 5.71. The Morgan fingerprint density at radius 3 is 2.68 bits per heavy atom. The number of hydrogen-bond donors (Lipinski definition) is 2. The van der Waals surface area contributed by atoms with E-state index in [1.165, 1.54) is 12.1 Å². The van der Waals surface area contributed by atoms with E-state index in [2.05, 4.69) is 5.32 Å². The Labute approximate surface area is 114 Å². The van der Waals surface area contributed by atoms with E-state index >= 15 is 0 Å². The number of aromatic hydroxyl groups is 1. The predicted octanol–water partition coefficient (Wildman–Crippen LogP) is 3.37. The molecule has 2 N–H and O–H groups in total. The molecule has 0 heterocycles. The second-order valence-electron chi connectivity index (χ2n) is 3.98. The van der Waals surface area contributed by atoms with Crippen LogP contribution in [0.5, 0.6) is 5.75 Å². The summed E-state index contributed by atoms with van der Waals surface area (Å²) in [4.78, 5) is 11.8. The molecule has 0 atom stereocenters. The number of halogens is 2. The number of phenols is 1. The summed E-state index contributed by atoms with van der Waals surface area (Å²) in [5.41, 5.74) is 0.980. The Kier molecular flexibility index (Phi) is 4.02. The zero-order valence-corrected chi connectivity index (χ0v) is 10.6. The first-order valence-electron chi connectivity index (χ1n) is 5.58. The topological polar surface area (TPSA) is 49.3 Å². The van der Waals surface area contributed by atoms with E-state index in [0.717, 1.165) is 6.07 Å². The third-order valence-electron chi connectivity index (χ3n) is 2.54. The van der Waals surface area contributed by atoms with Gasteiger partial charge in [-0.15, -0.1) is 0 Å². The molecule has 0 unspecified atom stereocenters. The first-order valence-corrected chi connectivity index (χ1v) is 5.96. The molecule has 2 aromatic carbocycles. The summed E-state index contributed by atoms with van der Waals surface area (Å²) in [6, 6.07) is 10.7. The molecule has 0 spiro atoms. The maximum atomic E-state index is 13.1. The Hall–Kier alpha value is -2.07. The highest BCUT2D eigenvalue weighted by molar-refractivity contribution is 6.31.